The van der Waals surface area contributed by atoms with Crippen molar-refractivity contribution in [3.63, 3.8) is 0 Å². The Hall–Kier alpha value is -9.24. The second kappa shape index (κ2) is 17.4. The van der Waals surface area contributed by atoms with E-state index in [1.165, 1.54) is 66.1 Å². The Kier molecular flexibility index (Phi) is 10.2. The van der Waals surface area contributed by atoms with Crippen LogP contribution in [0.15, 0.2) is 277 Å². The molecule has 13 aromatic rings. The third-order valence-corrected chi connectivity index (χ3v) is 13.9. The van der Waals surface area contributed by atoms with E-state index in [-0.39, 0.29) is 0 Å². The van der Waals surface area contributed by atoms with Gasteiger partial charge in [-0.25, -0.2) is 0 Å². The minimum atomic E-state index is 0.897. The SMILES string of the molecule is c1ccc(-c2ccc(N(c3ccc(-c4cccc5c4oc4ccccc45)cc3)c3cccc(-c4ccc5c(c4)c(-c4ccccc4)c(-c4ccccc4)c4ccccc45)c3)cc2-c2ccccc2)cc1. The van der Waals surface area contributed by atoms with Gasteiger partial charge in [-0.05, 0) is 131 Å². The van der Waals surface area contributed by atoms with Gasteiger partial charge < -0.3 is 9.32 Å². The summed E-state index contributed by atoms with van der Waals surface area (Å²) in [5.41, 5.74) is 19.0. The lowest BCUT2D eigenvalue weighted by Gasteiger charge is -2.27. The maximum absolute atomic E-state index is 6.51. The van der Waals surface area contributed by atoms with E-state index in [4.69, 9.17) is 4.42 Å². The van der Waals surface area contributed by atoms with Gasteiger partial charge in [-0.2, -0.15) is 0 Å². The minimum absolute atomic E-state index is 0.897. The fourth-order valence-electron chi connectivity index (χ4n) is 10.6. The molecule has 0 saturated heterocycles. The van der Waals surface area contributed by atoms with Gasteiger partial charge in [-0.15, -0.1) is 0 Å². The fourth-order valence-corrected chi connectivity index (χ4v) is 10.6. The molecule has 1 heterocycles. The van der Waals surface area contributed by atoms with E-state index in [9.17, 15) is 0 Å². The number of hydrogen-bond donors (Lipinski definition) is 0. The molecule has 0 aliphatic rings. The summed E-state index contributed by atoms with van der Waals surface area (Å²) in [5, 5.41) is 7.21. The van der Waals surface area contributed by atoms with Crippen molar-refractivity contribution in [1.82, 2.24) is 0 Å². The topological polar surface area (TPSA) is 16.4 Å². The van der Waals surface area contributed by atoms with Crippen LogP contribution in [0.2, 0.25) is 0 Å². The molecule has 0 N–H and O–H groups in total. The van der Waals surface area contributed by atoms with E-state index in [0.29, 0.717) is 0 Å². The Labute approximate surface area is 407 Å². The molecule has 2 nitrogen and oxygen atoms in total. The normalized spacial score (nSPS) is 11.4. The van der Waals surface area contributed by atoms with E-state index < -0.39 is 0 Å². The molecule has 0 spiro atoms. The van der Waals surface area contributed by atoms with Gasteiger partial charge in [0.2, 0.25) is 0 Å². The summed E-state index contributed by atoms with van der Waals surface area (Å²) in [5.74, 6) is 0. The largest absolute Gasteiger partial charge is 0.455 e. The second-order valence-electron chi connectivity index (χ2n) is 18.0. The maximum atomic E-state index is 6.51. The molecule has 0 bridgehead atoms. The van der Waals surface area contributed by atoms with Gasteiger partial charge in [0, 0.05) is 33.4 Å². The summed E-state index contributed by atoms with van der Waals surface area (Å²) in [6.45, 7) is 0. The Balaban J connectivity index is 0.996. The number of para-hydroxylation sites is 2. The zero-order chi connectivity index (χ0) is 46.4. The van der Waals surface area contributed by atoms with Gasteiger partial charge >= 0.3 is 0 Å². The molecule has 1 aromatic heterocycles. The first-order valence-corrected chi connectivity index (χ1v) is 24.0. The predicted octanol–water partition coefficient (Wildman–Crippen LogP) is 19.4. The third-order valence-electron chi connectivity index (χ3n) is 13.9. The van der Waals surface area contributed by atoms with Crippen molar-refractivity contribution >= 4 is 60.5 Å². The molecular weight excluding hydrogens is 847 g/mol. The van der Waals surface area contributed by atoms with E-state index in [1.54, 1.807) is 0 Å². The van der Waals surface area contributed by atoms with Crippen LogP contribution >= 0.6 is 0 Å². The van der Waals surface area contributed by atoms with Gasteiger partial charge in [0.25, 0.3) is 0 Å². The number of fused-ring (bicyclic) bond motifs is 6. The average molecular weight is 892 g/mol. The Morgan fingerprint density at radius 3 is 1.40 bits per heavy atom. The molecule has 0 unspecified atom stereocenters. The van der Waals surface area contributed by atoms with Gasteiger partial charge in [0.15, 0.2) is 0 Å². The summed E-state index contributed by atoms with van der Waals surface area (Å²) in [7, 11) is 0. The highest BCUT2D eigenvalue weighted by Gasteiger charge is 2.21. The summed E-state index contributed by atoms with van der Waals surface area (Å²) in [6, 6.07) is 98.7. The van der Waals surface area contributed by atoms with Crippen LogP contribution in [-0.2, 0) is 0 Å². The summed E-state index contributed by atoms with van der Waals surface area (Å²) in [6.07, 6.45) is 0. The number of furan rings is 1. The zero-order valence-corrected chi connectivity index (χ0v) is 38.3. The Morgan fingerprint density at radius 1 is 0.229 bits per heavy atom. The van der Waals surface area contributed by atoms with Crippen molar-refractivity contribution in [2.24, 2.45) is 0 Å². The maximum Gasteiger partial charge on any atom is 0.143 e. The molecule has 0 aliphatic carbocycles. The van der Waals surface area contributed by atoms with Crippen molar-refractivity contribution < 1.29 is 4.42 Å². The van der Waals surface area contributed by atoms with Crippen molar-refractivity contribution in [3.05, 3.63) is 273 Å². The van der Waals surface area contributed by atoms with Crippen LogP contribution in [0.5, 0.6) is 0 Å². The first kappa shape index (κ1) is 41.0. The molecule has 328 valence electrons. The van der Waals surface area contributed by atoms with E-state index in [1.807, 2.05) is 12.1 Å². The second-order valence-corrected chi connectivity index (χ2v) is 18.0. The van der Waals surface area contributed by atoms with Crippen LogP contribution < -0.4 is 4.90 Å². The number of rotatable bonds is 9. The van der Waals surface area contributed by atoms with Crippen LogP contribution in [0.25, 0.3) is 110 Å². The van der Waals surface area contributed by atoms with Gasteiger partial charge in [0.05, 0.1) is 0 Å². The highest BCUT2D eigenvalue weighted by Crippen LogP contribution is 2.47. The number of benzene rings is 12. The van der Waals surface area contributed by atoms with Crippen LogP contribution in [0, 0.1) is 0 Å². The molecular formula is C68H45NO. The molecule has 0 saturated carbocycles. The molecule has 0 amide bonds. The van der Waals surface area contributed by atoms with E-state index in [2.05, 4.69) is 266 Å². The molecule has 0 aliphatic heterocycles. The Bertz CT molecular complexity index is 4030. The summed E-state index contributed by atoms with van der Waals surface area (Å²) >= 11 is 0. The first-order chi connectivity index (χ1) is 34.7. The highest BCUT2D eigenvalue weighted by atomic mass is 16.3. The van der Waals surface area contributed by atoms with E-state index >= 15 is 0 Å². The monoisotopic (exact) mass is 891 g/mol. The number of anilines is 3. The minimum Gasteiger partial charge on any atom is -0.455 e. The predicted molar refractivity (Wildman–Crippen MR) is 296 cm³/mol. The van der Waals surface area contributed by atoms with Crippen LogP contribution in [-0.4, -0.2) is 0 Å². The quantitative estimate of drug-likeness (QED) is 0.134. The standard InChI is InChI=1S/C68H45NO/c1-5-19-46(20-6-1)56-42-40-55(45-63(56)47-21-7-2-8-22-47)69(53-38-35-48(36-39-53)57-32-18-33-62-60-30-15-16-34-65(60)70-68(57)62)54-28-17-27-51(43-54)52-37-41-59-58-29-13-14-31-61(58)66(49-23-9-3-10-24-49)67(64(59)44-52)50-25-11-4-12-26-50/h1-45H. The van der Waals surface area contributed by atoms with Crippen LogP contribution in [0.4, 0.5) is 17.1 Å². The third kappa shape index (κ3) is 7.22. The van der Waals surface area contributed by atoms with Crippen molar-refractivity contribution in [1.29, 1.82) is 0 Å². The molecule has 0 radical (unpaired) electrons. The lowest BCUT2D eigenvalue weighted by molar-refractivity contribution is 0.670. The lowest BCUT2D eigenvalue weighted by Crippen LogP contribution is -2.10. The first-order valence-electron chi connectivity index (χ1n) is 24.0. The average Bonchev–Trinajstić information content (AvgIpc) is 3.83. The molecule has 70 heavy (non-hydrogen) atoms. The van der Waals surface area contributed by atoms with Crippen molar-refractivity contribution in [2.75, 3.05) is 4.90 Å². The van der Waals surface area contributed by atoms with Crippen LogP contribution in [0.1, 0.15) is 0 Å². The summed E-state index contributed by atoms with van der Waals surface area (Å²) in [4.78, 5) is 2.40. The van der Waals surface area contributed by atoms with E-state index in [0.717, 1.165) is 61.3 Å². The van der Waals surface area contributed by atoms with Crippen LogP contribution in [0.3, 0.4) is 0 Å². The molecule has 0 atom stereocenters. The van der Waals surface area contributed by atoms with Gasteiger partial charge in [-0.3, -0.25) is 0 Å². The smallest absolute Gasteiger partial charge is 0.143 e. The molecule has 12 aromatic carbocycles. The molecule has 13 rings (SSSR count). The van der Waals surface area contributed by atoms with Crippen molar-refractivity contribution in [3.8, 4) is 66.8 Å². The van der Waals surface area contributed by atoms with Gasteiger partial charge in [0.1, 0.15) is 11.2 Å². The number of nitrogens with zero attached hydrogens (tertiary/aromatic N) is 1. The van der Waals surface area contributed by atoms with Crippen molar-refractivity contribution in [2.45, 2.75) is 0 Å². The highest BCUT2D eigenvalue weighted by molar-refractivity contribution is 6.22. The lowest BCUT2D eigenvalue weighted by atomic mass is 9.84. The Morgan fingerprint density at radius 2 is 0.700 bits per heavy atom. The fraction of sp³-hybridized carbons (Fsp3) is 0. The van der Waals surface area contributed by atoms with Gasteiger partial charge in [-0.1, -0.05) is 224 Å². The number of hydrogen-bond acceptors (Lipinski definition) is 2. The molecule has 2 heteroatoms. The summed E-state index contributed by atoms with van der Waals surface area (Å²) < 4.78 is 6.51. The zero-order valence-electron chi connectivity index (χ0n) is 38.3. The molecule has 0 fully saturated rings.